The van der Waals surface area contributed by atoms with Crippen LogP contribution >= 0.6 is 11.3 Å². The van der Waals surface area contributed by atoms with E-state index in [0.29, 0.717) is 19.0 Å². The van der Waals surface area contributed by atoms with Gasteiger partial charge in [0.05, 0.1) is 0 Å². The van der Waals surface area contributed by atoms with Crippen LogP contribution in [-0.4, -0.2) is 41.9 Å². The Morgan fingerprint density at radius 2 is 2.12 bits per heavy atom. The van der Waals surface area contributed by atoms with Crippen molar-refractivity contribution in [2.75, 3.05) is 13.1 Å². The number of nitrogens with zero attached hydrogens (tertiary/aromatic N) is 3. The lowest BCUT2D eigenvalue weighted by molar-refractivity contribution is 0.0711. The Bertz CT molecular complexity index is 833. The van der Waals surface area contributed by atoms with Gasteiger partial charge < -0.3 is 9.47 Å². The number of nitrogens with two attached hydrogens (primary N) is 1. The third-order valence-electron chi connectivity index (χ3n) is 4.37. The first-order valence-electron chi connectivity index (χ1n) is 7.82. The van der Waals surface area contributed by atoms with E-state index in [1.165, 1.54) is 6.07 Å². The van der Waals surface area contributed by atoms with Crippen LogP contribution in [0.4, 0.5) is 0 Å². The summed E-state index contributed by atoms with van der Waals surface area (Å²) < 4.78 is 25.3. The highest BCUT2D eigenvalue weighted by Gasteiger charge is 2.30. The van der Waals surface area contributed by atoms with Crippen molar-refractivity contribution in [3.63, 3.8) is 0 Å². The number of aromatic nitrogens is 2. The van der Waals surface area contributed by atoms with Gasteiger partial charge in [0.1, 0.15) is 15.6 Å². The third-order valence-corrected chi connectivity index (χ3v) is 6.35. The fourth-order valence-electron chi connectivity index (χ4n) is 3.11. The highest BCUT2D eigenvalue weighted by Crippen LogP contribution is 2.29. The van der Waals surface area contributed by atoms with Crippen molar-refractivity contribution in [2.45, 2.75) is 37.1 Å². The van der Waals surface area contributed by atoms with Crippen LogP contribution in [0.2, 0.25) is 0 Å². The maximum atomic E-state index is 12.6. The Hall–Kier alpha value is -1.71. The van der Waals surface area contributed by atoms with Crippen molar-refractivity contribution < 1.29 is 13.2 Å². The molecule has 0 atom stereocenters. The van der Waals surface area contributed by atoms with E-state index in [-0.39, 0.29) is 15.7 Å². The Kier molecular flexibility index (Phi) is 4.75. The van der Waals surface area contributed by atoms with E-state index in [1.54, 1.807) is 16.5 Å². The fraction of sp³-hybridized carbons (Fsp3) is 0.467. The van der Waals surface area contributed by atoms with Gasteiger partial charge in [0, 0.05) is 37.9 Å². The Morgan fingerprint density at radius 3 is 2.75 bits per heavy atom. The molecule has 3 rings (SSSR count). The minimum absolute atomic E-state index is 0.0823. The number of likely N-dealkylation sites (tertiary alicyclic amines) is 1. The van der Waals surface area contributed by atoms with Gasteiger partial charge in [0.2, 0.25) is 10.0 Å². The van der Waals surface area contributed by atoms with Gasteiger partial charge in [-0.25, -0.2) is 18.5 Å². The predicted octanol–water partition coefficient (Wildman–Crippen LogP) is 1.63. The molecule has 2 aromatic heterocycles. The van der Waals surface area contributed by atoms with Crippen LogP contribution in [0.1, 0.15) is 41.2 Å². The van der Waals surface area contributed by atoms with Crippen molar-refractivity contribution in [1.82, 2.24) is 14.5 Å². The Balaban J connectivity index is 1.71. The third kappa shape index (κ3) is 3.24. The predicted molar refractivity (Wildman–Crippen MR) is 91.5 cm³/mol. The zero-order chi connectivity index (χ0) is 17.3. The molecule has 0 bridgehead atoms. The van der Waals surface area contributed by atoms with Gasteiger partial charge in [-0.3, -0.25) is 4.79 Å². The number of hydrogen-bond acceptors (Lipinski definition) is 5. The van der Waals surface area contributed by atoms with E-state index >= 15 is 0 Å². The molecule has 1 fully saturated rings. The van der Waals surface area contributed by atoms with Gasteiger partial charge in [-0.1, -0.05) is 0 Å². The Morgan fingerprint density at radius 1 is 1.42 bits per heavy atom. The van der Waals surface area contributed by atoms with Gasteiger partial charge in [0.25, 0.3) is 5.91 Å². The van der Waals surface area contributed by atoms with Gasteiger partial charge >= 0.3 is 0 Å². The summed E-state index contributed by atoms with van der Waals surface area (Å²) >= 11 is 1.12. The molecule has 7 nitrogen and oxygen atoms in total. The van der Waals surface area contributed by atoms with Crippen molar-refractivity contribution >= 4 is 27.3 Å². The molecule has 1 amide bonds. The molecule has 0 aliphatic carbocycles. The minimum atomic E-state index is -3.88. The number of thiophene rings is 1. The molecule has 1 aliphatic rings. The van der Waals surface area contributed by atoms with E-state index in [4.69, 9.17) is 5.14 Å². The number of carbonyl (C=O) groups is 1. The average Bonchev–Trinajstić information content (AvgIpc) is 3.22. The lowest BCUT2D eigenvalue weighted by Gasteiger charge is -2.31. The summed E-state index contributed by atoms with van der Waals surface area (Å²) in [6.45, 7) is 4.13. The summed E-state index contributed by atoms with van der Waals surface area (Å²) in [5, 5.41) is 6.77. The van der Waals surface area contributed by atoms with Gasteiger partial charge in [0.15, 0.2) is 0 Å². The average molecular weight is 368 g/mol. The quantitative estimate of drug-likeness (QED) is 0.887. The smallest absolute Gasteiger partial charge is 0.265 e. The summed E-state index contributed by atoms with van der Waals surface area (Å²) in [6.07, 6.45) is 5.41. The fourth-order valence-corrected chi connectivity index (χ4v) is 5.05. The van der Waals surface area contributed by atoms with Crippen LogP contribution < -0.4 is 5.14 Å². The molecule has 2 N–H and O–H groups in total. The van der Waals surface area contributed by atoms with Crippen molar-refractivity contribution in [3.8, 4) is 0 Å². The van der Waals surface area contributed by atoms with E-state index < -0.39 is 10.0 Å². The maximum absolute atomic E-state index is 12.6. The molecule has 0 aromatic carbocycles. The minimum Gasteiger partial charge on any atom is -0.338 e. The topological polar surface area (TPSA) is 98.3 Å². The number of sulfonamides is 1. The van der Waals surface area contributed by atoms with Crippen LogP contribution in [0.3, 0.4) is 0 Å². The molecule has 2 aromatic rings. The second kappa shape index (κ2) is 6.66. The normalized spacial score (nSPS) is 16.5. The highest BCUT2D eigenvalue weighted by atomic mass is 32.2. The highest BCUT2D eigenvalue weighted by molar-refractivity contribution is 7.89. The largest absolute Gasteiger partial charge is 0.338 e. The van der Waals surface area contributed by atoms with Gasteiger partial charge in [-0.05, 0) is 31.2 Å². The van der Waals surface area contributed by atoms with Crippen LogP contribution in [0.15, 0.2) is 28.7 Å². The molecule has 0 spiro atoms. The number of piperidine rings is 1. The number of primary sulfonamides is 1. The zero-order valence-corrected chi connectivity index (χ0v) is 15.0. The first-order valence-corrected chi connectivity index (χ1v) is 10.2. The van der Waals surface area contributed by atoms with Crippen molar-refractivity contribution in [3.05, 3.63) is 34.5 Å². The number of aryl methyl sites for hydroxylation is 1. The summed E-state index contributed by atoms with van der Waals surface area (Å²) in [4.78, 5) is 18.9. The molecular weight excluding hydrogens is 348 g/mol. The number of hydrogen-bond donors (Lipinski definition) is 1. The molecule has 3 heterocycles. The van der Waals surface area contributed by atoms with Crippen LogP contribution in [-0.2, 0) is 16.6 Å². The molecule has 0 radical (unpaired) electrons. The van der Waals surface area contributed by atoms with E-state index in [1.807, 2.05) is 6.20 Å². The molecule has 0 saturated carbocycles. The first-order chi connectivity index (χ1) is 11.4. The number of carbonyl (C=O) groups excluding carboxylic acids is 1. The molecule has 24 heavy (non-hydrogen) atoms. The summed E-state index contributed by atoms with van der Waals surface area (Å²) in [5.41, 5.74) is 0. The maximum Gasteiger partial charge on any atom is 0.265 e. The van der Waals surface area contributed by atoms with Gasteiger partial charge in [-0.2, -0.15) is 0 Å². The van der Waals surface area contributed by atoms with E-state index in [9.17, 15) is 13.2 Å². The molecule has 1 aliphatic heterocycles. The zero-order valence-electron chi connectivity index (χ0n) is 13.4. The molecule has 130 valence electrons. The number of rotatable bonds is 4. The van der Waals surface area contributed by atoms with Crippen molar-refractivity contribution in [1.29, 1.82) is 0 Å². The van der Waals surface area contributed by atoms with E-state index in [0.717, 1.165) is 36.5 Å². The number of imidazole rings is 1. The monoisotopic (exact) mass is 368 g/mol. The Labute approximate surface area is 145 Å². The van der Waals surface area contributed by atoms with Crippen LogP contribution in [0, 0.1) is 0 Å². The number of amides is 1. The van der Waals surface area contributed by atoms with E-state index in [2.05, 4.69) is 16.5 Å². The lowest BCUT2D eigenvalue weighted by Crippen LogP contribution is -2.38. The first kappa shape index (κ1) is 17.1. The van der Waals surface area contributed by atoms with Crippen LogP contribution in [0.5, 0.6) is 0 Å². The molecule has 0 unspecified atom stereocenters. The second-order valence-corrected chi connectivity index (χ2v) is 8.24. The standard InChI is InChI=1S/C15H20N4O3S2/c1-2-18-9-6-17-14(18)11-3-7-19(8-4-11)15(20)13-12(5-10-23-13)24(16,21)22/h5-6,9-11H,2-4,7-8H2,1H3,(H2,16,21,22). The van der Waals surface area contributed by atoms with Crippen LogP contribution in [0.25, 0.3) is 0 Å². The lowest BCUT2D eigenvalue weighted by atomic mass is 9.95. The molecule has 1 saturated heterocycles. The summed E-state index contributed by atoms with van der Waals surface area (Å²) in [6, 6.07) is 1.39. The summed E-state index contributed by atoms with van der Waals surface area (Å²) in [5.74, 6) is 1.13. The summed E-state index contributed by atoms with van der Waals surface area (Å²) in [7, 11) is -3.88. The van der Waals surface area contributed by atoms with Crippen molar-refractivity contribution in [2.24, 2.45) is 5.14 Å². The molecule has 9 heteroatoms. The molecular formula is C15H20N4O3S2. The van der Waals surface area contributed by atoms with Gasteiger partial charge in [-0.15, -0.1) is 11.3 Å². The second-order valence-electron chi connectivity index (χ2n) is 5.80. The SMILES string of the molecule is CCn1ccnc1C1CCN(C(=O)c2sccc2S(N)(=O)=O)CC1.